The van der Waals surface area contributed by atoms with E-state index in [1.54, 1.807) is 24.3 Å². The number of esters is 1. The summed E-state index contributed by atoms with van der Waals surface area (Å²) in [5, 5.41) is 0. The van der Waals surface area contributed by atoms with E-state index in [0.29, 0.717) is 11.1 Å². The van der Waals surface area contributed by atoms with E-state index < -0.39 is 11.9 Å². The number of methoxy groups -OCH3 is 1. The molecule has 76 valence electrons. The monoisotopic (exact) mass is 203 g/mol. The first-order chi connectivity index (χ1) is 7.15. The van der Waals surface area contributed by atoms with Gasteiger partial charge in [0.15, 0.2) is 0 Å². The third-order valence-electron chi connectivity index (χ3n) is 1.65. The summed E-state index contributed by atoms with van der Waals surface area (Å²) >= 11 is 0. The summed E-state index contributed by atoms with van der Waals surface area (Å²) in [6, 6.07) is 6.57. The smallest absolute Gasteiger partial charge is 0.339 e. The summed E-state index contributed by atoms with van der Waals surface area (Å²) in [5.74, 6) is 3.43. The van der Waals surface area contributed by atoms with Gasteiger partial charge in [0, 0.05) is 11.5 Å². The summed E-state index contributed by atoms with van der Waals surface area (Å²) in [4.78, 5) is 21.7. The van der Waals surface area contributed by atoms with Crippen molar-refractivity contribution in [3.05, 3.63) is 35.4 Å². The Morgan fingerprint density at radius 2 is 2.00 bits per heavy atom. The second-order valence-corrected chi connectivity index (χ2v) is 2.65. The van der Waals surface area contributed by atoms with E-state index in [9.17, 15) is 9.59 Å². The minimum atomic E-state index is -0.741. The molecular formula is C11H9NO3. The molecule has 4 nitrogen and oxygen atoms in total. The highest BCUT2D eigenvalue weighted by molar-refractivity contribution is 5.95. The highest BCUT2D eigenvalue weighted by atomic mass is 16.5. The fourth-order valence-corrected chi connectivity index (χ4v) is 1.01. The molecule has 4 heteroatoms. The maximum atomic E-state index is 11.3. The molecule has 1 rings (SSSR count). The first-order valence-corrected chi connectivity index (χ1v) is 4.14. The molecule has 0 bridgehead atoms. The Hall–Kier alpha value is -2.28. The largest absolute Gasteiger partial charge is 0.465 e. The lowest BCUT2D eigenvalue weighted by molar-refractivity contribution is -0.112. The minimum absolute atomic E-state index is 0.314. The molecular weight excluding hydrogens is 194 g/mol. The van der Waals surface area contributed by atoms with E-state index in [-0.39, 0.29) is 0 Å². The third kappa shape index (κ3) is 2.85. The molecule has 0 aliphatic rings. The summed E-state index contributed by atoms with van der Waals surface area (Å²) in [6.45, 7) is 0. The standard InChI is InChI=1S/C11H9NO3/c1-15-11(14)9-5-3-2-4-8(9)6-7-10(12)13/h2-5H,1H3,(H2,12,13). The van der Waals surface area contributed by atoms with E-state index in [4.69, 9.17) is 5.73 Å². The van der Waals surface area contributed by atoms with Gasteiger partial charge in [-0.05, 0) is 12.1 Å². The molecule has 0 fully saturated rings. The van der Waals surface area contributed by atoms with Crippen LogP contribution in [0, 0.1) is 11.8 Å². The van der Waals surface area contributed by atoms with Crippen LogP contribution in [0.2, 0.25) is 0 Å². The Balaban J connectivity index is 3.14. The fourth-order valence-electron chi connectivity index (χ4n) is 1.01. The van der Waals surface area contributed by atoms with Gasteiger partial charge in [0.2, 0.25) is 0 Å². The van der Waals surface area contributed by atoms with Crippen molar-refractivity contribution < 1.29 is 14.3 Å². The van der Waals surface area contributed by atoms with Gasteiger partial charge in [-0.1, -0.05) is 18.1 Å². The fraction of sp³-hybridized carbons (Fsp3) is 0.0909. The van der Waals surface area contributed by atoms with Crippen LogP contribution in [-0.2, 0) is 9.53 Å². The Bertz CT molecular complexity index is 454. The molecule has 0 aliphatic heterocycles. The van der Waals surface area contributed by atoms with E-state index in [1.165, 1.54) is 7.11 Å². The summed E-state index contributed by atoms with van der Waals surface area (Å²) in [7, 11) is 1.28. The number of nitrogens with two attached hydrogens (primary N) is 1. The maximum absolute atomic E-state index is 11.3. The van der Waals surface area contributed by atoms with Gasteiger partial charge in [0.05, 0.1) is 12.7 Å². The second kappa shape index (κ2) is 4.82. The molecule has 2 N–H and O–H groups in total. The molecule has 0 aromatic heterocycles. The van der Waals surface area contributed by atoms with Crippen molar-refractivity contribution in [2.45, 2.75) is 0 Å². The van der Waals surface area contributed by atoms with Crippen LogP contribution in [0.15, 0.2) is 24.3 Å². The first-order valence-electron chi connectivity index (χ1n) is 4.14. The number of hydrogen-bond acceptors (Lipinski definition) is 3. The zero-order valence-corrected chi connectivity index (χ0v) is 8.11. The van der Waals surface area contributed by atoms with Crippen LogP contribution in [0.25, 0.3) is 0 Å². The number of hydrogen-bond donors (Lipinski definition) is 1. The van der Waals surface area contributed by atoms with E-state index in [1.807, 2.05) is 0 Å². The topological polar surface area (TPSA) is 69.4 Å². The van der Waals surface area contributed by atoms with Crippen molar-refractivity contribution in [2.75, 3.05) is 7.11 Å². The minimum Gasteiger partial charge on any atom is -0.465 e. The molecule has 1 aromatic rings. The van der Waals surface area contributed by atoms with Crippen molar-refractivity contribution in [1.29, 1.82) is 0 Å². The van der Waals surface area contributed by atoms with Crippen molar-refractivity contribution in [2.24, 2.45) is 5.73 Å². The Morgan fingerprint density at radius 3 is 2.60 bits per heavy atom. The first kappa shape index (κ1) is 10.8. The molecule has 15 heavy (non-hydrogen) atoms. The lowest BCUT2D eigenvalue weighted by atomic mass is 10.1. The van der Waals surface area contributed by atoms with Crippen molar-refractivity contribution in [1.82, 2.24) is 0 Å². The van der Waals surface area contributed by atoms with Gasteiger partial charge in [0.1, 0.15) is 0 Å². The number of benzene rings is 1. The maximum Gasteiger partial charge on any atom is 0.339 e. The molecule has 1 aromatic carbocycles. The van der Waals surface area contributed by atoms with Crippen LogP contribution in [0.3, 0.4) is 0 Å². The SMILES string of the molecule is COC(=O)c1ccccc1C#CC(N)=O. The van der Waals surface area contributed by atoms with Crippen molar-refractivity contribution >= 4 is 11.9 Å². The predicted octanol–water partition coefficient (Wildman–Crippen LogP) is 0.310. The highest BCUT2D eigenvalue weighted by Gasteiger charge is 2.08. The molecule has 0 aliphatic carbocycles. The van der Waals surface area contributed by atoms with Gasteiger partial charge in [-0.25, -0.2) is 4.79 Å². The van der Waals surface area contributed by atoms with Crippen LogP contribution in [0.1, 0.15) is 15.9 Å². The van der Waals surface area contributed by atoms with Gasteiger partial charge in [-0.3, -0.25) is 4.79 Å². The van der Waals surface area contributed by atoms with Crippen LogP contribution in [-0.4, -0.2) is 19.0 Å². The molecule has 0 saturated carbocycles. The molecule has 0 radical (unpaired) electrons. The molecule has 0 saturated heterocycles. The molecule has 0 unspecified atom stereocenters. The van der Waals surface area contributed by atoms with Gasteiger partial charge < -0.3 is 10.5 Å². The molecule has 1 amide bonds. The number of carbonyl (C=O) groups is 2. The van der Waals surface area contributed by atoms with E-state index >= 15 is 0 Å². The number of primary amides is 1. The van der Waals surface area contributed by atoms with Gasteiger partial charge in [-0.2, -0.15) is 0 Å². The predicted molar refractivity (Wildman–Crippen MR) is 53.9 cm³/mol. The van der Waals surface area contributed by atoms with Gasteiger partial charge in [0.25, 0.3) is 5.91 Å². The number of amides is 1. The summed E-state index contributed by atoms with van der Waals surface area (Å²) in [6.07, 6.45) is 0. The lowest BCUT2D eigenvalue weighted by Gasteiger charge is -2.00. The molecule has 0 heterocycles. The quantitative estimate of drug-likeness (QED) is 0.527. The molecule has 0 atom stereocenters. The highest BCUT2D eigenvalue weighted by Crippen LogP contribution is 2.08. The van der Waals surface area contributed by atoms with Crippen molar-refractivity contribution in [3.8, 4) is 11.8 Å². The zero-order valence-electron chi connectivity index (χ0n) is 8.11. The number of rotatable bonds is 1. The second-order valence-electron chi connectivity index (χ2n) is 2.65. The van der Waals surface area contributed by atoms with E-state index in [0.717, 1.165) is 0 Å². The number of ether oxygens (including phenoxy) is 1. The summed E-state index contributed by atoms with van der Waals surface area (Å²) < 4.78 is 4.56. The Kier molecular flexibility index (Phi) is 3.47. The van der Waals surface area contributed by atoms with Crippen molar-refractivity contribution in [3.63, 3.8) is 0 Å². The van der Waals surface area contributed by atoms with Crippen LogP contribution >= 0.6 is 0 Å². The van der Waals surface area contributed by atoms with Gasteiger partial charge in [-0.15, -0.1) is 0 Å². The average molecular weight is 203 g/mol. The molecule has 0 spiro atoms. The van der Waals surface area contributed by atoms with E-state index in [2.05, 4.69) is 16.6 Å². The Morgan fingerprint density at radius 1 is 1.33 bits per heavy atom. The van der Waals surface area contributed by atoms with Crippen LogP contribution in [0.5, 0.6) is 0 Å². The number of carbonyl (C=O) groups excluding carboxylic acids is 2. The van der Waals surface area contributed by atoms with Gasteiger partial charge >= 0.3 is 5.97 Å². The third-order valence-corrected chi connectivity index (χ3v) is 1.65. The van der Waals surface area contributed by atoms with Crippen LogP contribution in [0.4, 0.5) is 0 Å². The normalized spacial score (nSPS) is 8.60. The van der Waals surface area contributed by atoms with Crippen LogP contribution < -0.4 is 5.73 Å². The Labute approximate surface area is 87.0 Å². The zero-order chi connectivity index (χ0) is 11.3. The summed E-state index contributed by atoms with van der Waals surface area (Å²) in [5.41, 5.74) is 5.60. The average Bonchev–Trinajstić information content (AvgIpc) is 2.25. The lowest BCUT2D eigenvalue weighted by Crippen LogP contribution is -2.07.